The highest BCUT2D eigenvalue weighted by Crippen LogP contribution is 2.18. The number of hydrogen-bond donors (Lipinski definition) is 1. The molecule has 0 fully saturated rings. The number of carbonyl (C=O) groups is 1. The quantitative estimate of drug-likeness (QED) is 0.465. The molecule has 7 heteroatoms. The Balaban J connectivity index is 1.57. The number of rotatable bonds is 5. The van der Waals surface area contributed by atoms with Gasteiger partial charge in [0.2, 0.25) is 0 Å². The molecule has 0 unspecified atom stereocenters. The summed E-state index contributed by atoms with van der Waals surface area (Å²) in [6.45, 7) is 0.644. The molecule has 5 aromatic rings. The molecule has 2 aromatic heterocycles. The Kier molecular flexibility index (Phi) is 4.99. The molecule has 0 atom stereocenters. The van der Waals surface area contributed by atoms with Crippen molar-refractivity contribution in [3.05, 3.63) is 118 Å². The SMILES string of the molecule is O=C(NCc1ccccc1)c1ccc2c(c1)n(Cc1ccc(F)cc1)c(=O)c1ccnn12. The summed E-state index contributed by atoms with van der Waals surface area (Å²) < 4.78 is 16.5. The van der Waals surface area contributed by atoms with E-state index in [4.69, 9.17) is 0 Å². The minimum atomic E-state index is -0.338. The monoisotopic (exact) mass is 426 g/mol. The Labute approximate surface area is 182 Å². The van der Waals surface area contributed by atoms with Crippen LogP contribution in [0.5, 0.6) is 0 Å². The second-order valence-electron chi connectivity index (χ2n) is 7.52. The van der Waals surface area contributed by atoms with Gasteiger partial charge in [0.25, 0.3) is 11.5 Å². The smallest absolute Gasteiger partial charge is 0.277 e. The predicted molar refractivity (Wildman–Crippen MR) is 120 cm³/mol. The summed E-state index contributed by atoms with van der Waals surface area (Å²) in [4.78, 5) is 26.0. The van der Waals surface area contributed by atoms with E-state index in [9.17, 15) is 14.0 Å². The van der Waals surface area contributed by atoms with Crippen molar-refractivity contribution in [2.24, 2.45) is 0 Å². The van der Waals surface area contributed by atoms with E-state index in [1.165, 1.54) is 12.1 Å². The molecule has 0 aliphatic heterocycles. The van der Waals surface area contributed by atoms with E-state index in [1.807, 2.05) is 30.3 Å². The van der Waals surface area contributed by atoms with Crippen LogP contribution in [0, 0.1) is 5.82 Å². The Morgan fingerprint density at radius 2 is 1.66 bits per heavy atom. The van der Waals surface area contributed by atoms with Crippen LogP contribution in [-0.2, 0) is 13.1 Å². The van der Waals surface area contributed by atoms with Crippen molar-refractivity contribution < 1.29 is 9.18 Å². The zero-order valence-electron chi connectivity index (χ0n) is 17.0. The molecule has 0 aliphatic rings. The third kappa shape index (κ3) is 3.65. The first-order chi connectivity index (χ1) is 15.6. The van der Waals surface area contributed by atoms with Crippen LogP contribution in [0.2, 0.25) is 0 Å². The lowest BCUT2D eigenvalue weighted by atomic mass is 10.1. The standard InChI is InChI=1S/C25H19FN4O2/c26-20-9-6-18(7-10-20)16-29-23-14-19(24(31)27-15-17-4-2-1-3-5-17)8-11-21(23)30-22(25(29)32)12-13-28-30/h1-14H,15-16H2,(H,27,31). The maximum Gasteiger partial charge on any atom is 0.277 e. The van der Waals surface area contributed by atoms with E-state index >= 15 is 0 Å². The average molecular weight is 426 g/mol. The summed E-state index contributed by atoms with van der Waals surface area (Å²) in [6, 6.07) is 22.5. The summed E-state index contributed by atoms with van der Waals surface area (Å²) in [7, 11) is 0. The maximum atomic E-state index is 13.3. The molecule has 0 saturated heterocycles. The molecule has 6 nitrogen and oxygen atoms in total. The predicted octanol–water partition coefficient (Wildman–Crippen LogP) is 3.77. The van der Waals surface area contributed by atoms with Gasteiger partial charge in [-0.3, -0.25) is 9.59 Å². The molecule has 0 radical (unpaired) electrons. The van der Waals surface area contributed by atoms with Crippen molar-refractivity contribution in [2.45, 2.75) is 13.1 Å². The van der Waals surface area contributed by atoms with Gasteiger partial charge in [-0.2, -0.15) is 5.10 Å². The molecule has 3 aromatic carbocycles. The molecule has 32 heavy (non-hydrogen) atoms. The van der Waals surface area contributed by atoms with Gasteiger partial charge in [0.1, 0.15) is 11.3 Å². The van der Waals surface area contributed by atoms with Crippen LogP contribution < -0.4 is 10.9 Å². The third-order valence-corrected chi connectivity index (χ3v) is 5.41. The Morgan fingerprint density at radius 3 is 2.44 bits per heavy atom. The average Bonchev–Trinajstić information content (AvgIpc) is 3.32. The number of fused-ring (bicyclic) bond motifs is 3. The number of nitrogens with zero attached hydrogens (tertiary/aromatic N) is 3. The van der Waals surface area contributed by atoms with Crippen LogP contribution in [0.3, 0.4) is 0 Å². The van der Waals surface area contributed by atoms with E-state index in [0.717, 1.165) is 11.1 Å². The first kappa shape index (κ1) is 19.7. The highest BCUT2D eigenvalue weighted by molar-refractivity contribution is 5.97. The number of amides is 1. The number of halogens is 1. The second-order valence-corrected chi connectivity index (χ2v) is 7.52. The zero-order chi connectivity index (χ0) is 22.1. The Morgan fingerprint density at radius 1 is 0.875 bits per heavy atom. The van der Waals surface area contributed by atoms with Crippen molar-refractivity contribution in [1.82, 2.24) is 19.5 Å². The summed E-state index contributed by atoms with van der Waals surface area (Å²) in [5.74, 6) is -0.577. The molecular formula is C25H19FN4O2. The largest absolute Gasteiger partial charge is 0.348 e. The van der Waals surface area contributed by atoms with Gasteiger partial charge in [-0.1, -0.05) is 42.5 Å². The van der Waals surface area contributed by atoms with E-state index in [1.54, 1.807) is 51.7 Å². The normalized spacial score (nSPS) is 11.2. The van der Waals surface area contributed by atoms with Crippen molar-refractivity contribution in [3.8, 4) is 0 Å². The van der Waals surface area contributed by atoms with Gasteiger partial charge in [-0.15, -0.1) is 0 Å². The number of carbonyl (C=O) groups excluding carboxylic acids is 1. The summed E-state index contributed by atoms with van der Waals surface area (Å²) in [5.41, 5.74) is 3.68. The van der Waals surface area contributed by atoms with Gasteiger partial charge in [-0.25, -0.2) is 8.91 Å². The first-order valence-electron chi connectivity index (χ1n) is 10.2. The van der Waals surface area contributed by atoms with Gasteiger partial charge >= 0.3 is 0 Å². The van der Waals surface area contributed by atoms with E-state index in [2.05, 4.69) is 10.4 Å². The molecule has 1 N–H and O–H groups in total. The van der Waals surface area contributed by atoms with Gasteiger partial charge < -0.3 is 9.88 Å². The highest BCUT2D eigenvalue weighted by atomic mass is 19.1. The fourth-order valence-electron chi connectivity index (χ4n) is 3.77. The molecule has 158 valence electrons. The third-order valence-electron chi connectivity index (χ3n) is 5.41. The topological polar surface area (TPSA) is 68.4 Å². The van der Waals surface area contributed by atoms with Gasteiger partial charge in [-0.05, 0) is 47.5 Å². The van der Waals surface area contributed by atoms with Gasteiger partial charge in [0, 0.05) is 12.1 Å². The fourth-order valence-corrected chi connectivity index (χ4v) is 3.77. The number of aromatic nitrogens is 3. The lowest BCUT2D eigenvalue weighted by Gasteiger charge is -2.14. The molecular weight excluding hydrogens is 407 g/mol. The summed E-state index contributed by atoms with van der Waals surface area (Å²) >= 11 is 0. The molecule has 2 heterocycles. The molecule has 5 rings (SSSR count). The van der Waals surface area contributed by atoms with Crippen LogP contribution >= 0.6 is 0 Å². The summed E-state index contributed by atoms with van der Waals surface area (Å²) in [5, 5.41) is 7.18. The Bertz CT molecular complexity index is 1490. The second kappa shape index (κ2) is 8.11. The molecule has 1 amide bonds. The number of hydrogen-bond acceptors (Lipinski definition) is 3. The molecule has 0 saturated carbocycles. The number of benzene rings is 3. The lowest BCUT2D eigenvalue weighted by Crippen LogP contribution is -2.25. The highest BCUT2D eigenvalue weighted by Gasteiger charge is 2.15. The van der Waals surface area contributed by atoms with Crippen LogP contribution in [0.25, 0.3) is 16.6 Å². The first-order valence-corrected chi connectivity index (χ1v) is 10.2. The fraction of sp³-hybridized carbons (Fsp3) is 0.0800. The van der Waals surface area contributed by atoms with E-state index < -0.39 is 0 Å². The van der Waals surface area contributed by atoms with Crippen LogP contribution in [0.1, 0.15) is 21.5 Å². The minimum Gasteiger partial charge on any atom is -0.348 e. The van der Waals surface area contributed by atoms with Crippen molar-refractivity contribution in [2.75, 3.05) is 0 Å². The van der Waals surface area contributed by atoms with Crippen molar-refractivity contribution in [3.63, 3.8) is 0 Å². The zero-order valence-corrected chi connectivity index (χ0v) is 17.0. The number of nitrogens with one attached hydrogen (secondary N) is 1. The lowest BCUT2D eigenvalue weighted by molar-refractivity contribution is 0.0951. The minimum absolute atomic E-state index is 0.235. The molecule has 0 spiro atoms. The van der Waals surface area contributed by atoms with Crippen molar-refractivity contribution >= 4 is 22.5 Å². The Hall–Kier alpha value is -4.26. The van der Waals surface area contributed by atoms with Crippen molar-refractivity contribution in [1.29, 1.82) is 0 Å². The van der Waals surface area contributed by atoms with E-state index in [0.29, 0.717) is 28.7 Å². The van der Waals surface area contributed by atoms with Crippen LogP contribution in [-0.4, -0.2) is 20.1 Å². The van der Waals surface area contributed by atoms with Gasteiger partial charge in [0.15, 0.2) is 0 Å². The van der Waals surface area contributed by atoms with Gasteiger partial charge in [0.05, 0.1) is 23.8 Å². The van der Waals surface area contributed by atoms with Crippen LogP contribution in [0.4, 0.5) is 4.39 Å². The maximum absolute atomic E-state index is 13.3. The molecule has 0 bridgehead atoms. The molecule has 0 aliphatic carbocycles. The van der Waals surface area contributed by atoms with Crippen LogP contribution in [0.15, 0.2) is 89.9 Å². The van der Waals surface area contributed by atoms with E-state index in [-0.39, 0.29) is 23.8 Å². The summed E-state index contributed by atoms with van der Waals surface area (Å²) in [6.07, 6.45) is 1.57.